The van der Waals surface area contributed by atoms with Gasteiger partial charge in [-0.2, -0.15) is 15.0 Å². The van der Waals surface area contributed by atoms with Crippen LogP contribution in [0.4, 0.5) is 22.0 Å². The minimum Gasteiger partial charge on any atom is -0.368 e. The number of benzene rings is 2. The summed E-state index contributed by atoms with van der Waals surface area (Å²) in [6.07, 6.45) is 0. The molecule has 3 N–H and O–H groups in total. The smallest absolute Gasteiger partial charge is 0.232 e. The summed E-state index contributed by atoms with van der Waals surface area (Å²) in [4.78, 5) is 13.5. The molecule has 5 nitrogen and oxygen atoms in total. The molecule has 0 saturated heterocycles. The Morgan fingerprint density at radius 3 is 2.42 bits per heavy atom. The lowest BCUT2D eigenvalue weighted by Gasteiger charge is -2.07. The van der Waals surface area contributed by atoms with Crippen LogP contribution in [-0.4, -0.2) is 15.0 Å². The van der Waals surface area contributed by atoms with Crippen LogP contribution in [0.25, 0.3) is 0 Å². The van der Waals surface area contributed by atoms with E-state index in [1.807, 2.05) is 12.1 Å². The van der Waals surface area contributed by atoms with E-state index in [9.17, 15) is 4.39 Å². The molecular formula is C16H13ClFN5S. The zero-order valence-electron chi connectivity index (χ0n) is 12.4. The van der Waals surface area contributed by atoms with Crippen molar-refractivity contribution < 1.29 is 4.39 Å². The zero-order valence-corrected chi connectivity index (χ0v) is 14.0. The van der Waals surface area contributed by atoms with Gasteiger partial charge in [-0.15, -0.1) is 11.8 Å². The van der Waals surface area contributed by atoms with Crippen molar-refractivity contribution in [3.63, 3.8) is 0 Å². The Labute approximate surface area is 147 Å². The van der Waals surface area contributed by atoms with E-state index in [2.05, 4.69) is 20.3 Å². The predicted molar refractivity (Wildman–Crippen MR) is 94.9 cm³/mol. The lowest BCUT2D eigenvalue weighted by Crippen LogP contribution is -2.06. The average molecular weight is 362 g/mol. The van der Waals surface area contributed by atoms with E-state index in [0.29, 0.717) is 22.5 Å². The maximum absolute atomic E-state index is 12.9. The van der Waals surface area contributed by atoms with Gasteiger partial charge in [0.15, 0.2) is 0 Å². The van der Waals surface area contributed by atoms with Crippen LogP contribution in [0.5, 0.6) is 0 Å². The third-order valence-electron chi connectivity index (χ3n) is 2.98. The molecule has 0 saturated carbocycles. The molecule has 1 aromatic heterocycles. The second-order valence-corrected chi connectivity index (χ2v) is 6.29. The molecule has 3 aromatic rings. The van der Waals surface area contributed by atoms with Gasteiger partial charge in [-0.1, -0.05) is 11.6 Å². The zero-order chi connectivity index (χ0) is 16.9. The van der Waals surface area contributed by atoms with Crippen molar-refractivity contribution in [3.05, 3.63) is 65.2 Å². The van der Waals surface area contributed by atoms with Crippen molar-refractivity contribution in [2.24, 2.45) is 0 Å². The molecule has 0 aliphatic rings. The summed E-state index contributed by atoms with van der Waals surface area (Å²) in [6.45, 7) is 0. The van der Waals surface area contributed by atoms with Crippen LogP contribution in [0, 0.1) is 5.82 Å². The van der Waals surface area contributed by atoms with E-state index < -0.39 is 0 Å². The first-order chi connectivity index (χ1) is 11.6. The maximum Gasteiger partial charge on any atom is 0.232 e. The van der Waals surface area contributed by atoms with Crippen LogP contribution in [0.1, 0.15) is 5.82 Å². The Balaban J connectivity index is 1.71. The molecule has 0 atom stereocenters. The van der Waals surface area contributed by atoms with E-state index in [1.54, 1.807) is 24.3 Å². The lowest BCUT2D eigenvalue weighted by atomic mass is 10.3. The van der Waals surface area contributed by atoms with E-state index in [1.165, 1.54) is 23.9 Å². The molecule has 0 aliphatic carbocycles. The molecule has 0 radical (unpaired) electrons. The summed E-state index contributed by atoms with van der Waals surface area (Å²) in [7, 11) is 0. The fourth-order valence-electron chi connectivity index (χ4n) is 1.90. The molecule has 0 spiro atoms. The highest BCUT2D eigenvalue weighted by Crippen LogP contribution is 2.23. The molecule has 122 valence electrons. The largest absolute Gasteiger partial charge is 0.368 e. The van der Waals surface area contributed by atoms with Crippen molar-refractivity contribution in [3.8, 4) is 0 Å². The number of hydrogen-bond acceptors (Lipinski definition) is 6. The summed E-state index contributed by atoms with van der Waals surface area (Å²) < 4.78 is 12.9. The van der Waals surface area contributed by atoms with Gasteiger partial charge in [0, 0.05) is 15.6 Å². The van der Waals surface area contributed by atoms with Gasteiger partial charge in [-0.25, -0.2) is 4.39 Å². The number of rotatable bonds is 5. The lowest BCUT2D eigenvalue weighted by molar-refractivity contribution is 0.626. The van der Waals surface area contributed by atoms with Crippen LogP contribution >= 0.6 is 23.4 Å². The number of aromatic nitrogens is 3. The monoisotopic (exact) mass is 361 g/mol. The quantitative estimate of drug-likeness (QED) is 0.660. The third-order valence-corrected chi connectivity index (χ3v) is 4.24. The van der Waals surface area contributed by atoms with Gasteiger partial charge >= 0.3 is 0 Å². The summed E-state index contributed by atoms with van der Waals surface area (Å²) in [5, 5.41) is 3.70. The normalized spacial score (nSPS) is 10.6. The molecule has 8 heteroatoms. The predicted octanol–water partition coefficient (Wildman–Crippen LogP) is 4.28. The molecule has 0 bridgehead atoms. The topological polar surface area (TPSA) is 76.7 Å². The Bertz CT molecular complexity index is 827. The molecular weight excluding hydrogens is 349 g/mol. The SMILES string of the molecule is Nc1nc(CSc2ccc(F)cc2)nc(Nc2ccc(Cl)cc2)n1. The van der Waals surface area contributed by atoms with E-state index >= 15 is 0 Å². The maximum atomic E-state index is 12.9. The Kier molecular flexibility index (Phi) is 5.12. The van der Waals surface area contributed by atoms with Crippen LogP contribution in [-0.2, 0) is 5.75 Å². The number of thioether (sulfide) groups is 1. The van der Waals surface area contributed by atoms with Crippen LogP contribution in [0.2, 0.25) is 5.02 Å². The van der Waals surface area contributed by atoms with Gasteiger partial charge in [0.2, 0.25) is 11.9 Å². The highest BCUT2D eigenvalue weighted by molar-refractivity contribution is 7.98. The number of anilines is 3. The van der Waals surface area contributed by atoms with Gasteiger partial charge in [0.1, 0.15) is 11.6 Å². The molecule has 24 heavy (non-hydrogen) atoms. The first-order valence-electron chi connectivity index (χ1n) is 7.00. The van der Waals surface area contributed by atoms with Gasteiger partial charge < -0.3 is 11.1 Å². The van der Waals surface area contributed by atoms with Crippen molar-refractivity contribution in [1.82, 2.24) is 15.0 Å². The number of nitrogens with one attached hydrogen (secondary N) is 1. The number of nitrogen functional groups attached to an aromatic ring is 1. The Morgan fingerprint density at radius 1 is 1.00 bits per heavy atom. The fraction of sp³-hybridized carbons (Fsp3) is 0.0625. The fourth-order valence-corrected chi connectivity index (χ4v) is 2.78. The second-order valence-electron chi connectivity index (χ2n) is 4.81. The van der Waals surface area contributed by atoms with Gasteiger partial charge in [0.25, 0.3) is 0 Å². The van der Waals surface area contributed by atoms with Gasteiger partial charge in [-0.05, 0) is 48.5 Å². The second kappa shape index (κ2) is 7.46. The summed E-state index contributed by atoms with van der Waals surface area (Å²) in [6, 6.07) is 13.4. The van der Waals surface area contributed by atoms with E-state index in [-0.39, 0.29) is 11.8 Å². The molecule has 0 aliphatic heterocycles. The molecule has 2 aromatic carbocycles. The molecule has 3 rings (SSSR count). The molecule has 0 unspecified atom stereocenters. The van der Waals surface area contributed by atoms with Crippen LogP contribution in [0.3, 0.4) is 0 Å². The summed E-state index contributed by atoms with van der Waals surface area (Å²) >= 11 is 7.35. The highest BCUT2D eigenvalue weighted by Gasteiger charge is 2.06. The van der Waals surface area contributed by atoms with Crippen molar-refractivity contribution in [2.45, 2.75) is 10.6 Å². The van der Waals surface area contributed by atoms with Crippen molar-refractivity contribution >= 4 is 40.9 Å². The molecule has 1 heterocycles. The molecule has 0 fully saturated rings. The van der Waals surface area contributed by atoms with Gasteiger partial charge in [-0.3, -0.25) is 0 Å². The van der Waals surface area contributed by atoms with Gasteiger partial charge in [0.05, 0.1) is 5.75 Å². The standard InChI is InChI=1S/C16H13ClFN5S/c17-10-1-5-12(6-2-10)20-16-22-14(21-15(19)23-16)9-24-13-7-3-11(18)4-8-13/h1-8H,9H2,(H3,19,20,21,22,23). The van der Waals surface area contributed by atoms with Crippen molar-refractivity contribution in [2.75, 3.05) is 11.1 Å². The minimum atomic E-state index is -0.266. The number of hydrogen-bond donors (Lipinski definition) is 2. The van der Waals surface area contributed by atoms with Crippen molar-refractivity contribution in [1.29, 1.82) is 0 Å². The molecule has 0 amide bonds. The number of halogens is 2. The number of nitrogens with two attached hydrogens (primary N) is 1. The Morgan fingerprint density at radius 2 is 1.71 bits per heavy atom. The highest BCUT2D eigenvalue weighted by atomic mass is 35.5. The number of nitrogens with zero attached hydrogens (tertiary/aromatic N) is 3. The first-order valence-corrected chi connectivity index (χ1v) is 8.36. The van der Waals surface area contributed by atoms with Crippen LogP contribution in [0.15, 0.2) is 53.4 Å². The summed E-state index contributed by atoms with van der Waals surface area (Å²) in [5.74, 6) is 1.26. The minimum absolute atomic E-state index is 0.135. The first kappa shape index (κ1) is 16.5. The third kappa shape index (κ3) is 4.56. The van der Waals surface area contributed by atoms with E-state index in [4.69, 9.17) is 17.3 Å². The van der Waals surface area contributed by atoms with Crippen LogP contribution < -0.4 is 11.1 Å². The summed E-state index contributed by atoms with van der Waals surface area (Å²) in [5.41, 5.74) is 6.54. The van der Waals surface area contributed by atoms with E-state index in [0.717, 1.165) is 10.6 Å². The average Bonchev–Trinajstić information content (AvgIpc) is 2.56. The Hall–Kier alpha value is -2.38.